The van der Waals surface area contributed by atoms with Crippen molar-refractivity contribution in [1.82, 2.24) is 0 Å². The minimum absolute atomic E-state index is 1.18. The molecule has 0 aromatic heterocycles. The molecule has 0 aliphatic rings. The fourth-order valence-corrected chi connectivity index (χ4v) is 1.24. The van der Waals surface area contributed by atoms with Crippen LogP contribution in [0, 0.1) is 0 Å². The number of hydrogen-bond donors (Lipinski definition) is 0. The van der Waals surface area contributed by atoms with E-state index in [1.54, 1.807) is 0 Å². The zero-order valence-electron chi connectivity index (χ0n) is 9.92. The van der Waals surface area contributed by atoms with Crippen molar-refractivity contribution in [2.45, 2.75) is 35.5 Å². The first kappa shape index (κ1) is 22.9. The van der Waals surface area contributed by atoms with Crippen LogP contribution in [0.1, 0.15) is 0 Å². The lowest BCUT2D eigenvalue weighted by atomic mass is 10.1. The van der Waals surface area contributed by atoms with E-state index in [0.29, 0.717) is 0 Å². The van der Waals surface area contributed by atoms with E-state index in [-0.39, 0.29) is 0 Å². The van der Waals surface area contributed by atoms with Crippen LogP contribution in [0.3, 0.4) is 0 Å². The summed E-state index contributed by atoms with van der Waals surface area (Å²) in [6.07, 6.45) is -22.2. The highest BCUT2D eigenvalue weighted by Gasteiger charge is 2.87. The lowest BCUT2D eigenvalue weighted by Gasteiger charge is -2.35. The molecule has 0 amide bonds. The fourth-order valence-electron chi connectivity index (χ4n) is 0.802. The predicted molar refractivity (Wildman–Crippen MR) is 41.9 cm³/mol. The second-order valence-electron chi connectivity index (χ2n) is 3.74. The number of ether oxygens (including phenoxy) is 1. The molecule has 146 valence electrons. The quantitative estimate of drug-likeness (QED) is 0.486. The molecule has 0 heterocycles. The zero-order valence-corrected chi connectivity index (χ0v) is 10.7. The van der Waals surface area contributed by atoms with E-state index in [0.717, 1.165) is 0 Å². The van der Waals surface area contributed by atoms with Gasteiger partial charge in [-0.3, -0.25) is 0 Å². The van der Waals surface area contributed by atoms with Crippen molar-refractivity contribution >= 4 is 10.2 Å². The van der Waals surface area contributed by atoms with Gasteiger partial charge in [0, 0.05) is 0 Å². The normalized spacial score (nSPS) is 16.4. The molecule has 0 N–H and O–H groups in total. The van der Waals surface area contributed by atoms with Crippen LogP contribution in [0.2, 0.25) is 0 Å². The van der Waals surface area contributed by atoms with Crippen molar-refractivity contribution < 1.29 is 74.1 Å². The Hall–Kier alpha value is -1.07. The third-order valence-electron chi connectivity index (χ3n) is 2.02. The molecule has 0 aliphatic heterocycles. The van der Waals surface area contributed by atoms with Gasteiger partial charge in [0.2, 0.25) is 0 Å². The van der Waals surface area contributed by atoms with Gasteiger partial charge in [0.25, 0.3) is 0 Å². The van der Waals surface area contributed by atoms with Gasteiger partial charge in [0.1, 0.15) is 0 Å². The first-order valence-corrected chi connectivity index (χ1v) is 5.94. The van der Waals surface area contributed by atoms with Gasteiger partial charge < -0.3 is 0 Å². The van der Waals surface area contributed by atoms with Crippen LogP contribution >= 0.6 is 0 Å². The van der Waals surface area contributed by atoms with Crippen molar-refractivity contribution in [2.75, 3.05) is 0 Å². The molecule has 0 atom stereocenters. The van der Waals surface area contributed by atoms with E-state index < -0.39 is 45.7 Å². The summed E-state index contributed by atoms with van der Waals surface area (Å²) in [5, 5.41) is -7.64. The molecule has 0 aromatic rings. The van der Waals surface area contributed by atoms with Crippen molar-refractivity contribution in [3.05, 3.63) is 0 Å². The average Bonchev–Trinajstić information content (AvgIpc) is 2.23. The van der Waals surface area contributed by atoms with Gasteiger partial charge in [-0.1, -0.05) is 3.89 Å². The molecule has 24 heavy (non-hydrogen) atoms. The second-order valence-corrected chi connectivity index (χ2v) is 5.13. The summed E-state index contributed by atoms with van der Waals surface area (Å²) in [6, 6.07) is 0. The summed E-state index contributed by atoms with van der Waals surface area (Å²) >= 11 is 0. The molecule has 0 saturated heterocycles. The highest BCUT2D eigenvalue weighted by molar-refractivity contribution is 7.87. The monoisotopic (exact) mass is 418 g/mol. The van der Waals surface area contributed by atoms with E-state index in [4.69, 9.17) is 0 Å². The number of halogens is 14. The third-order valence-corrected chi connectivity index (χ3v) is 2.89. The topological polar surface area (TPSA) is 43.4 Å². The highest BCUT2D eigenvalue weighted by atomic mass is 32.3. The molecule has 0 rings (SSSR count). The van der Waals surface area contributed by atoms with E-state index >= 15 is 0 Å². The summed E-state index contributed by atoms with van der Waals surface area (Å²) in [7, 11) is -8.04. The van der Waals surface area contributed by atoms with Crippen LogP contribution in [-0.4, -0.2) is 43.9 Å². The zero-order chi connectivity index (χ0) is 20.2. The van der Waals surface area contributed by atoms with Gasteiger partial charge in [0.05, 0.1) is 0 Å². The van der Waals surface area contributed by atoms with E-state index in [1.165, 1.54) is 4.74 Å². The van der Waals surface area contributed by atoms with Crippen molar-refractivity contribution in [3.63, 3.8) is 0 Å². The number of rotatable bonds is 6. The van der Waals surface area contributed by atoms with E-state index in [2.05, 4.69) is 0 Å². The summed E-state index contributed by atoms with van der Waals surface area (Å²) in [4.78, 5) is 0. The van der Waals surface area contributed by atoms with Crippen LogP contribution in [-0.2, 0) is 15.0 Å². The average molecular weight is 418 g/mol. The Labute approximate surface area is 121 Å². The maximum absolute atomic E-state index is 12.7. The second kappa shape index (κ2) is 5.46. The molecule has 0 bridgehead atoms. The van der Waals surface area contributed by atoms with Crippen molar-refractivity contribution in [1.29, 1.82) is 0 Å². The standard InChI is InChI=1S/C6F14O3S/c7-1(8,2(9,10)6(18,19)24(20,21)22)4(14,15)23-5(16,17)3(11,12)13. The molecule has 0 unspecified atom stereocenters. The SMILES string of the molecule is O=S(=O)(F)C(F)(F)C(F)(F)C(F)(F)C(F)(F)OC(F)(F)C(F)(F)F. The maximum atomic E-state index is 12.7. The lowest BCUT2D eigenvalue weighted by Crippen LogP contribution is -2.66. The molecule has 0 saturated carbocycles. The van der Waals surface area contributed by atoms with Gasteiger partial charge in [-0.2, -0.15) is 65.5 Å². The first-order chi connectivity index (χ1) is 9.96. The Morgan fingerprint density at radius 1 is 0.583 bits per heavy atom. The molecule has 3 nitrogen and oxygen atoms in total. The largest absolute Gasteiger partial charge is 0.483 e. The Morgan fingerprint density at radius 3 is 1.17 bits per heavy atom. The van der Waals surface area contributed by atoms with Crippen LogP contribution in [0.15, 0.2) is 0 Å². The fraction of sp³-hybridized carbons (Fsp3) is 1.00. The number of alkyl halides is 13. The Bertz CT molecular complexity index is 574. The van der Waals surface area contributed by atoms with Gasteiger partial charge in [-0.25, -0.2) is 4.74 Å². The molecule has 0 spiro atoms. The molecular formula is C6F14O3S. The minimum atomic E-state index is -8.04. The van der Waals surface area contributed by atoms with E-state index in [1.807, 2.05) is 0 Å². The van der Waals surface area contributed by atoms with Crippen LogP contribution < -0.4 is 0 Å². The molecule has 0 aromatic carbocycles. The summed E-state index contributed by atoms with van der Waals surface area (Å²) in [5.74, 6) is -16.0. The van der Waals surface area contributed by atoms with Gasteiger partial charge in [0.15, 0.2) is 0 Å². The Balaban J connectivity index is 6.14. The lowest BCUT2D eigenvalue weighted by molar-refractivity contribution is -0.505. The molecule has 18 heteroatoms. The maximum Gasteiger partial charge on any atom is 0.483 e. The molecular weight excluding hydrogens is 418 g/mol. The highest BCUT2D eigenvalue weighted by Crippen LogP contribution is 2.56. The summed E-state index contributed by atoms with van der Waals surface area (Å²) in [5.41, 5.74) is 0. The minimum Gasteiger partial charge on any atom is -0.243 e. The molecule has 0 radical (unpaired) electrons. The van der Waals surface area contributed by atoms with Crippen LogP contribution in [0.4, 0.5) is 61.0 Å². The van der Waals surface area contributed by atoms with Crippen LogP contribution in [0.25, 0.3) is 0 Å². The predicted octanol–water partition coefficient (Wildman–Crippen LogP) is 3.91. The molecule has 0 aliphatic carbocycles. The van der Waals surface area contributed by atoms with Gasteiger partial charge in [-0.15, -0.1) is 0 Å². The van der Waals surface area contributed by atoms with Crippen molar-refractivity contribution in [2.24, 2.45) is 0 Å². The Morgan fingerprint density at radius 2 is 0.917 bits per heavy atom. The number of hydrogen-bond acceptors (Lipinski definition) is 3. The van der Waals surface area contributed by atoms with Crippen LogP contribution in [0.5, 0.6) is 0 Å². The third kappa shape index (κ3) is 3.33. The van der Waals surface area contributed by atoms with E-state index in [9.17, 15) is 69.4 Å². The summed E-state index contributed by atoms with van der Waals surface area (Å²) in [6.45, 7) is 0. The smallest absolute Gasteiger partial charge is 0.243 e. The van der Waals surface area contributed by atoms with Gasteiger partial charge in [-0.05, 0) is 0 Å². The van der Waals surface area contributed by atoms with Gasteiger partial charge >= 0.3 is 45.7 Å². The summed E-state index contributed by atoms with van der Waals surface area (Å²) < 4.78 is 192. The Kier molecular flexibility index (Phi) is 5.22. The molecule has 0 fully saturated rings. The first-order valence-electron chi connectivity index (χ1n) is 4.56. The van der Waals surface area contributed by atoms with Crippen molar-refractivity contribution in [3.8, 4) is 0 Å².